The fraction of sp³-hybridized carbons (Fsp3) is 0.235. The molecule has 0 fully saturated rings. The molecular weight excluding hydrogens is 264 g/mol. The second kappa shape index (κ2) is 6.90. The Bertz CT molecular complexity index is 597. The van der Waals surface area contributed by atoms with Gasteiger partial charge in [0.1, 0.15) is 17.5 Å². The van der Waals surface area contributed by atoms with E-state index in [9.17, 15) is 4.79 Å². The van der Waals surface area contributed by atoms with Crippen LogP contribution in [0.5, 0.6) is 11.5 Å². The van der Waals surface area contributed by atoms with Gasteiger partial charge in [-0.05, 0) is 43.7 Å². The number of benzene rings is 2. The van der Waals surface area contributed by atoms with Crippen molar-refractivity contribution in [3.63, 3.8) is 0 Å². The van der Waals surface area contributed by atoms with Gasteiger partial charge in [0.2, 0.25) is 5.91 Å². The lowest BCUT2D eigenvalue weighted by Crippen LogP contribution is -2.37. The van der Waals surface area contributed by atoms with Gasteiger partial charge in [0, 0.05) is 6.04 Å². The number of primary amides is 1. The first kappa shape index (κ1) is 15.1. The van der Waals surface area contributed by atoms with E-state index >= 15 is 0 Å². The first-order valence-electron chi connectivity index (χ1n) is 6.94. The molecule has 0 aliphatic carbocycles. The Morgan fingerprint density at radius 2 is 1.71 bits per heavy atom. The third kappa shape index (κ3) is 4.33. The molecule has 0 radical (unpaired) electrons. The van der Waals surface area contributed by atoms with E-state index in [2.05, 4.69) is 5.32 Å². The van der Waals surface area contributed by atoms with Crippen LogP contribution in [0, 0.1) is 0 Å². The zero-order valence-electron chi connectivity index (χ0n) is 12.2. The Morgan fingerprint density at radius 3 is 2.33 bits per heavy atom. The number of amides is 1. The highest BCUT2D eigenvalue weighted by Crippen LogP contribution is 2.24. The molecule has 0 saturated carbocycles. The van der Waals surface area contributed by atoms with Crippen molar-refractivity contribution in [2.24, 2.45) is 5.73 Å². The summed E-state index contributed by atoms with van der Waals surface area (Å²) in [4.78, 5) is 11.6. The summed E-state index contributed by atoms with van der Waals surface area (Å²) in [5.74, 6) is 1.03. The third-order valence-electron chi connectivity index (χ3n) is 2.95. The minimum atomic E-state index is -0.524. The zero-order valence-corrected chi connectivity index (χ0v) is 12.2. The summed E-state index contributed by atoms with van der Waals surface area (Å²) in [6.07, 6.45) is 0. The monoisotopic (exact) mass is 284 g/mol. The molecule has 1 amide bonds. The van der Waals surface area contributed by atoms with Crippen LogP contribution in [0.2, 0.25) is 0 Å². The molecule has 1 atom stereocenters. The summed E-state index contributed by atoms with van der Waals surface area (Å²) in [5.41, 5.74) is 6.27. The van der Waals surface area contributed by atoms with E-state index in [0.29, 0.717) is 5.75 Å². The Labute approximate surface area is 124 Å². The molecule has 0 heterocycles. The van der Waals surface area contributed by atoms with Crippen LogP contribution in [0.4, 0.5) is 0 Å². The van der Waals surface area contributed by atoms with Gasteiger partial charge in [0.05, 0.1) is 0 Å². The summed E-state index contributed by atoms with van der Waals surface area (Å²) in [6.45, 7) is 3.94. The topological polar surface area (TPSA) is 64.3 Å². The highest BCUT2D eigenvalue weighted by Gasteiger charge is 2.18. The molecule has 1 unspecified atom stereocenters. The van der Waals surface area contributed by atoms with Gasteiger partial charge >= 0.3 is 0 Å². The predicted octanol–water partition coefficient (Wildman–Crippen LogP) is 3.00. The molecule has 0 aliphatic heterocycles. The van der Waals surface area contributed by atoms with Gasteiger partial charge in [0.15, 0.2) is 0 Å². The number of hydrogen-bond acceptors (Lipinski definition) is 3. The van der Waals surface area contributed by atoms with Crippen molar-refractivity contribution in [2.75, 3.05) is 0 Å². The normalized spacial score (nSPS) is 12.1. The number of hydrogen-bond donors (Lipinski definition) is 2. The number of nitrogens with one attached hydrogen (secondary N) is 1. The summed E-state index contributed by atoms with van der Waals surface area (Å²) >= 11 is 0. The minimum absolute atomic E-state index is 0.154. The molecule has 2 aromatic rings. The molecule has 2 rings (SSSR count). The van der Waals surface area contributed by atoms with Crippen LogP contribution in [0.25, 0.3) is 0 Å². The van der Waals surface area contributed by atoms with E-state index in [-0.39, 0.29) is 6.04 Å². The molecule has 0 aromatic heterocycles. The maximum atomic E-state index is 11.6. The van der Waals surface area contributed by atoms with E-state index in [0.717, 1.165) is 11.3 Å². The van der Waals surface area contributed by atoms with Crippen molar-refractivity contribution in [1.82, 2.24) is 5.32 Å². The molecule has 21 heavy (non-hydrogen) atoms. The van der Waals surface area contributed by atoms with Crippen molar-refractivity contribution in [3.8, 4) is 11.5 Å². The zero-order chi connectivity index (χ0) is 15.2. The van der Waals surface area contributed by atoms with Crippen LogP contribution in [-0.2, 0) is 4.79 Å². The van der Waals surface area contributed by atoms with Crippen molar-refractivity contribution < 1.29 is 9.53 Å². The minimum Gasteiger partial charge on any atom is -0.457 e. The molecular formula is C17H20N2O2. The lowest BCUT2D eigenvalue weighted by Gasteiger charge is -2.19. The molecule has 110 valence electrons. The number of ether oxygens (including phenoxy) is 1. The van der Waals surface area contributed by atoms with Crippen molar-refractivity contribution >= 4 is 5.91 Å². The smallest absolute Gasteiger partial charge is 0.239 e. The Hall–Kier alpha value is -2.33. The lowest BCUT2D eigenvalue weighted by atomic mass is 10.1. The Morgan fingerprint density at radius 1 is 1.05 bits per heavy atom. The summed E-state index contributed by atoms with van der Waals surface area (Å²) in [5, 5.41) is 3.16. The average molecular weight is 284 g/mol. The molecule has 0 aliphatic rings. The van der Waals surface area contributed by atoms with E-state index in [1.54, 1.807) is 0 Å². The van der Waals surface area contributed by atoms with Crippen LogP contribution in [0.3, 0.4) is 0 Å². The Balaban J connectivity index is 2.21. The standard InChI is InChI=1S/C17H20N2O2/c1-12(2)19-16(17(18)20)13-7-6-10-15(11-13)21-14-8-4-3-5-9-14/h3-12,16,19H,1-2H3,(H2,18,20). The number of rotatable bonds is 6. The molecule has 3 N–H and O–H groups in total. The fourth-order valence-corrected chi connectivity index (χ4v) is 2.06. The summed E-state index contributed by atoms with van der Waals surface area (Å²) < 4.78 is 5.77. The quantitative estimate of drug-likeness (QED) is 0.857. The predicted molar refractivity (Wildman–Crippen MR) is 83.2 cm³/mol. The number of nitrogens with two attached hydrogens (primary N) is 1. The first-order chi connectivity index (χ1) is 10.1. The highest BCUT2D eigenvalue weighted by atomic mass is 16.5. The van der Waals surface area contributed by atoms with E-state index in [1.807, 2.05) is 68.4 Å². The first-order valence-corrected chi connectivity index (χ1v) is 6.94. The average Bonchev–Trinajstić information content (AvgIpc) is 2.45. The fourth-order valence-electron chi connectivity index (χ4n) is 2.06. The molecule has 0 spiro atoms. The van der Waals surface area contributed by atoms with Gasteiger partial charge in [-0.1, -0.05) is 30.3 Å². The van der Waals surface area contributed by atoms with Gasteiger partial charge in [0.25, 0.3) is 0 Å². The summed E-state index contributed by atoms with van der Waals surface area (Å²) in [6, 6.07) is 16.5. The molecule has 4 nitrogen and oxygen atoms in total. The Kier molecular flexibility index (Phi) is 4.95. The SMILES string of the molecule is CC(C)NC(C(N)=O)c1cccc(Oc2ccccc2)c1. The van der Waals surface area contributed by atoms with Crippen LogP contribution in [0.15, 0.2) is 54.6 Å². The third-order valence-corrected chi connectivity index (χ3v) is 2.95. The van der Waals surface area contributed by atoms with Crippen molar-refractivity contribution in [1.29, 1.82) is 0 Å². The van der Waals surface area contributed by atoms with Crippen LogP contribution < -0.4 is 15.8 Å². The van der Waals surface area contributed by atoms with E-state index in [1.165, 1.54) is 0 Å². The molecule has 0 bridgehead atoms. The maximum Gasteiger partial charge on any atom is 0.239 e. The number of carbonyl (C=O) groups is 1. The van der Waals surface area contributed by atoms with Gasteiger partial charge < -0.3 is 10.5 Å². The molecule has 0 saturated heterocycles. The second-order valence-corrected chi connectivity index (χ2v) is 5.14. The molecule has 2 aromatic carbocycles. The maximum absolute atomic E-state index is 11.6. The highest BCUT2D eigenvalue weighted by molar-refractivity contribution is 5.81. The summed E-state index contributed by atoms with van der Waals surface area (Å²) in [7, 11) is 0. The number of carbonyl (C=O) groups excluding carboxylic acids is 1. The lowest BCUT2D eigenvalue weighted by molar-refractivity contribution is -0.120. The van der Waals surface area contributed by atoms with Gasteiger partial charge in [-0.3, -0.25) is 10.1 Å². The second-order valence-electron chi connectivity index (χ2n) is 5.14. The van der Waals surface area contributed by atoms with Gasteiger partial charge in [-0.15, -0.1) is 0 Å². The van der Waals surface area contributed by atoms with Crippen molar-refractivity contribution in [2.45, 2.75) is 25.9 Å². The van der Waals surface area contributed by atoms with E-state index in [4.69, 9.17) is 10.5 Å². The molecule has 4 heteroatoms. The van der Waals surface area contributed by atoms with Crippen LogP contribution >= 0.6 is 0 Å². The van der Waals surface area contributed by atoms with E-state index < -0.39 is 11.9 Å². The largest absolute Gasteiger partial charge is 0.457 e. The van der Waals surface area contributed by atoms with Crippen LogP contribution in [-0.4, -0.2) is 11.9 Å². The van der Waals surface area contributed by atoms with Crippen molar-refractivity contribution in [3.05, 3.63) is 60.2 Å². The van der Waals surface area contributed by atoms with Crippen LogP contribution in [0.1, 0.15) is 25.5 Å². The number of para-hydroxylation sites is 1. The van der Waals surface area contributed by atoms with Gasteiger partial charge in [-0.2, -0.15) is 0 Å². The van der Waals surface area contributed by atoms with Gasteiger partial charge in [-0.25, -0.2) is 0 Å².